The van der Waals surface area contributed by atoms with Crippen LogP contribution in [0.3, 0.4) is 0 Å². The van der Waals surface area contributed by atoms with Crippen LogP contribution in [0.25, 0.3) is 0 Å². The summed E-state index contributed by atoms with van der Waals surface area (Å²) in [6, 6.07) is 9.95. The summed E-state index contributed by atoms with van der Waals surface area (Å²) in [5.74, 6) is 6.71. The van der Waals surface area contributed by atoms with E-state index < -0.39 is 4.75 Å². The van der Waals surface area contributed by atoms with E-state index in [2.05, 4.69) is 74.5 Å². The van der Waals surface area contributed by atoms with E-state index in [-0.39, 0.29) is 98.2 Å². The van der Waals surface area contributed by atoms with Crippen LogP contribution in [0, 0.1) is 12.3 Å². The number of hydrogen-bond acceptors (Lipinski definition) is 21. The summed E-state index contributed by atoms with van der Waals surface area (Å²) in [5, 5.41) is 0.366. The Kier molecular flexibility index (Phi) is 50.5. The number of terminal acetylenes is 1. The maximum Gasteiger partial charge on any atom is 0.216 e. The smallest absolute Gasteiger partial charge is 0.216 e. The molecule has 0 bridgehead atoms. The van der Waals surface area contributed by atoms with Crippen molar-refractivity contribution in [3.63, 3.8) is 0 Å². The molecule has 0 unspecified atom stereocenters. The quantitative estimate of drug-likeness (QED) is 0.0337. The fraction of sp³-hybridized carbons (Fsp3) is 0.629. The second kappa shape index (κ2) is 55.2. The number of Topliss-reactive ketones (excluding diaryl/α,β-unsaturated/α-hetero) is 3. The molecule has 15 nitrogen and oxygen atoms in total. The highest BCUT2D eigenvalue weighted by atomic mass is 32.2. The van der Waals surface area contributed by atoms with Crippen LogP contribution in [0.5, 0.6) is 0 Å². The molecule has 0 radical (unpaired) electrons. The molecule has 0 saturated heterocycles. The van der Waals surface area contributed by atoms with Gasteiger partial charge in [0.15, 0.2) is 17.3 Å². The maximum absolute atomic E-state index is 11.6. The van der Waals surface area contributed by atoms with Gasteiger partial charge in [0.25, 0.3) is 0 Å². The Labute approximate surface area is 687 Å². The molecular formula is C89H132O15S6. The summed E-state index contributed by atoms with van der Waals surface area (Å²) < 4.78 is 31.7. The predicted molar refractivity (Wildman–Crippen MR) is 464 cm³/mol. The number of carbonyl (C=O) groups excluding carboxylic acids is 9. The fourth-order valence-corrected chi connectivity index (χ4v) is 19.1. The van der Waals surface area contributed by atoms with Crippen LogP contribution in [-0.2, 0) is 78.0 Å². The van der Waals surface area contributed by atoms with Gasteiger partial charge in [-0.05, 0) is 106 Å². The first-order valence-corrected chi connectivity index (χ1v) is 44.9. The fourth-order valence-electron chi connectivity index (χ4n) is 12.6. The van der Waals surface area contributed by atoms with E-state index in [4.69, 9.17) is 34.8 Å². The van der Waals surface area contributed by atoms with Gasteiger partial charge in [0.2, 0.25) is 30.7 Å². The molecule has 110 heavy (non-hydrogen) atoms. The zero-order valence-electron chi connectivity index (χ0n) is 69.0. The molecule has 614 valence electrons. The molecule has 0 amide bonds. The first-order chi connectivity index (χ1) is 52.3. The Morgan fingerprint density at radius 1 is 0.355 bits per heavy atom. The summed E-state index contributed by atoms with van der Waals surface area (Å²) in [7, 11) is 0. The lowest BCUT2D eigenvalue weighted by Crippen LogP contribution is -2.26. The van der Waals surface area contributed by atoms with E-state index in [0.29, 0.717) is 36.9 Å². The molecule has 6 heterocycles. The van der Waals surface area contributed by atoms with Gasteiger partial charge >= 0.3 is 0 Å². The standard InChI is InChI=1S/C16H26O3S.C16H26O2S.C15H16O3S.C14H22O3S.C14H22O2S.C14H20O2S/c1-4-5-6-7-8-9-10-16(3)14(11-15(18)20-16)19-12-13(2)17;1-4-6-7-8-9-10-11-16(3)14(18-12-5-2)13-15(17)19-16;1-11(16)10-18-13-8-14(17)19-15(13,2)9-12-6-4-3-5-7-12;1-4-5-6-7-8-14(3)12(9-13(16)18-14)17-10-11(2)15;2*1-4-6-7-8-9-14(3)12(16-10-5-2)11-13(15)17-14/h11H,4-10,12H2,1-3H3;5,13H,2,4,6-12H2,1,3H3;3-8H,9-10H2,1-2H3;9H,4-8,10H2,1-3H3;5,11H,2,4,6-10H2,1,3H3;2,11H,4,6-10H2,1,3H3/t2*16-;15-;3*14-/m111111/s1. The number of ketones is 3. The van der Waals surface area contributed by atoms with Crippen LogP contribution in [0.4, 0.5) is 0 Å². The number of carbonyl (C=O) groups is 9. The monoisotopic (exact) mass is 1630 g/mol. The Morgan fingerprint density at radius 3 is 0.836 bits per heavy atom. The van der Waals surface area contributed by atoms with E-state index in [1.165, 1.54) is 225 Å². The normalized spacial score (nSPS) is 22.7. The minimum Gasteiger partial charge on any atom is -0.492 e. The average Bonchev–Trinajstić information content (AvgIpc) is 1.26. The van der Waals surface area contributed by atoms with Gasteiger partial charge in [-0.1, -0.05) is 321 Å². The zero-order chi connectivity index (χ0) is 82.1. The molecule has 0 saturated carbocycles. The molecule has 6 aliphatic rings. The van der Waals surface area contributed by atoms with Crippen molar-refractivity contribution < 1.29 is 71.6 Å². The van der Waals surface area contributed by atoms with Crippen molar-refractivity contribution in [3.05, 3.63) is 132 Å². The van der Waals surface area contributed by atoms with Crippen LogP contribution >= 0.6 is 70.6 Å². The van der Waals surface area contributed by atoms with Crippen LogP contribution in [-0.4, -0.2) is 116 Å². The highest BCUT2D eigenvalue weighted by molar-refractivity contribution is 8.17. The van der Waals surface area contributed by atoms with Gasteiger partial charge in [-0.25, -0.2) is 0 Å². The van der Waals surface area contributed by atoms with E-state index in [1.54, 1.807) is 36.5 Å². The first kappa shape index (κ1) is 101. The number of ether oxygens (including phenoxy) is 6. The lowest BCUT2D eigenvalue weighted by atomic mass is 9.98. The lowest BCUT2D eigenvalue weighted by Gasteiger charge is -2.25. The molecule has 0 fully saturated rings. The summed E-state index contributed by atoms with van der Waals surface area (Å²) in [6.45, 7) is 36.4. The van der Waals surface area contributed by atoms with E-state index in [9.17, 15) is 43.2 Å². The van der Waals surface area contributed by atoms with Crippen LogP contribution < -0.4 is 0 Å². The first-order valence-electron chi connectivity index (χ1n) is 40.0. The number of unbranched alkanes of at least 4 members (excludes halogenated alkanes) is 19. The Balaban J connectivity index is 0.000000448. The van der Waals surface area contributed by atoms with Crippen molar-refractivity contribution in [1.29, 1.82) is 0 Å². The summed E-state index contributed by atoms with van der Waals surface area (Å²) in [4.78, 5) is 102. The van der Waals surface area contributed by atoms with Gasteiger partial charge in [-0.3, -0.25) is 43.2 Å². The zero-order valence-corrected chi connectivity index (χ0v) is 73.9. The third-order valence-corrected chi connectivity index (χ3v) is 25.8. The van der Waals surface area contributed by atoms with Crippen molar-refractivity contribution in [1.82, 2.24) is 0 Å². The molecule has 0 aliphatic carbocycles. The van der Waals surface area contributed by atoms with Crippen molar-refractivity contribution in [2.24, 2.45) is 0 Å². The molecule has 21 heteroatoms. The topological polar surface area (TPSA) is 209 Å². The largest absolute Gasteiger partial charge is 0.492 e. The second-order valence-electron chi connectivity index (χ2n) is 29.8. The van der Waals surface area contributed by atoms with Gasteiger partial charge in [0, 0.05) is 36.5 Å². The number of hydrogen-bond donors (Lipinski definition) is 0. The number of rotatable bonds is 48. The van der Waals surface area contributed by atoms with Gasteiger partial charge in [-0.2, -0.15) is 0 Å². The Bertz CT molecular complexity index is 3350. The summed E-state index contributed by atoms with van der Waals surface area (Å²) in [6.07, 6.45) is 53.1. The molecular weight excluding hydrogens is 1500 g/mol. The molecule has 0 aromatic heterocycles. The van der Waals surface area contributed by atoms with Gasteiger partial charge < -0.3 is 28.4 Å². The highest BCUT2D eigenvalue weighted by Gasteiger charge is 2.44. The minimum absolute atomic E-state index is 0.0165. The Hall–Kier alpha value is -5.37. The third kappa shape index (κ3) is 39.6. The highest BCUT2D eigenvalue weighted by Crippen LogP contribution is 2.49. The molecule has 0 spiro atoms. The van der Waals surface area contributed by atoms with Crippen molar-refractivity contribution in [3.8, 4) is 12.3 Å². The average molecular weight is 1630 g/mol. The van der Waals surface area contributed by atoms with Crippen molar-refractivity contribution in [2.75, 3.05) is 39.6 Å². The molecule has 7 rings (SSSR count). The molecule has 1 aromatic rings. The van der Waals surface area contributed by atoms with E-state index in [1.807, 2.05) is 51.1 Å². The maximum atomic E-state index is 11.6. The van der Waals surface area contributed by atoms with Crippen LogP contribution in [0.1, 0.15) is 289 Å². The molecule has 6 atom stereocenters. The minimum atomic E-state index is -0.423. The molecule has 1 aromatic carbocycles. The lowest BCUT2D eigenvalue weighted by molar-refractivity contribution is -0.121. The van der Waals surface area contributed by atoms with Crippen LogP contribution in [0.2, 0.25) is 0 Å². The van der Waals surface area contributed by atoms with Gasteiger partial charge in [0.05, 0.1) is 28.5 Å². The second-order valence-corrected chi connectivity index (χ2v) is 38.8. The Morgan fingerprint density at radius 2 is 0.582 bits per heavy atom. The third-order valence-electron chi connectivity index (χ3n) is 18.8. The molecule has 0 N–H and O–H groups in total. The predicted octanol–water partition coefficient (Wildman–Crippen LogP) is 22.9. The summed E-state index contributed by atoms with van der Waals surface area (Å²) >= 11 is 8.06. The van der Waals surface area contributed by atoms with E-state index >= 15 is 0 Å². The number of benzene rings is 1. The van der Waals surface area contributed by atoms with E-state index in [0.717, 1.165) is 87.0 Å². The number of thioether (sulfide) groups is 6. The SMILES string of the molecule is C#CCOC1=CC(=O)S[C@]1(C)CCCCCC.C=CCOC1=CC(=O)S[C@]1(C)CCCCCC.C=CCOC1=CC(=O)S[C@]1(C)CCCCCCCC.CC(=O)COC1=CC(=O)S[C@]1(C)Cc1ccccc1.CCCCCCCC[C@@]1(C)SC(=O)C=C1OCC(C)=O.CCCCCC[C@@]1(C)SC(=O)C=C1OCC(C)=O. The van der Waals surface area contributed by atoms with Crippen molar-refractivity contribution >= 4 is 119 Å². The van der Waals surface area contributed by atoms with Crippen LogP contribution in [0.15, 0.2) is 127 Å². The van der Waals surface area contributed by atoms with Gasteiger partial charge in [0.1, 0.15) is 74.2 Å². The van der Waals surface area contributed by atoms with Gasteiger partial charge in [-0.15, -0.1) is 6.42 Å². The summed E-state index contributed by atoms with van der Waals surface area (Å²) in [5.41, 5.74) is 1.14. The van der Waals surface area contributed by atoms with Crippen molar-refractivity contribution in [2.45, 2.75) is 318 Å². The molecule has 6 aliphatic heterocycles.